The van der Waals surface area contributed by atoms with Crippen molar-refractivity contribution < 1.29 is 13.5 Å². The minimum Gasteiger partial charge on any atom is -0.435 e. The van der Waals surface area contributed by atoms with Crippen molar-refractivity contribution in [3.8, 4) is 5.75 Å². The molecule has 0 aliphatic carbocycles. The van der Waals surface area contributed by atoms with Gasteiger partial charge in [0.05, 0.1) is 0 Å². The maximum Gasteiger partial charge on any atom is 0.387 e. The number of rotatable bonds is 5. The van der Waals surface area contributed by atoms with Gasteiger partial charge in [0, 0.05) is 20.3 Å². The van der Waals surface area contributed by atoms with Crippen molar-refractivity contribution in [3.05, 3.63) is 56.6 Å². The van der Waals surface area contributed by atoms with E-state index in [0.29, 0.717) is 5.02 Å². The Morgan fingerprint density at radius 2 is 1.81 bits per heavy atom. The second-order valence-corrected chi connectivity index (χ2v) is 6.04. The topological polar surface area (TPSA) is 21.3 Å². The van der Waals surface area contributed by atoms with Gasteiger partial charge in [-0.05, 0) is 65.4 Å². The number of ether oxygens (including phenoxy) is 1. The standard InChI is InChI=1S/C15H13ClF2INO/c1-9(20-14-7-4-11(16)8-13(14)19)10-2-5-12(6-3-10)21-15(17)18/h2-9,15,20H,1H3. The second-order valence-electron chi connectivity index (χ2n) is 4.44. The van der Waals surface area contributed by atoms with E-state index in [1.54, 1.807) is 12.1 Å². The molecule has 1 unspecified atom stereocenters. The highest BCUT2D eigenvalue weighted by atomic mass is 127. The van der Waals surface area contributed by atoms with Crippen LogP contribution in [0.5, 0.6) is 5.75 Å². The molecule has 0 aliphatic heterocycles. The molecule has 0 saturated heterocycles. The lowest BCUT2D eigenvalue weighted by atomic mass is 10.1. The highest BCUT2D eigenvalue weighted by Gasteiger charge is 2.09. The first-order valence-electron chi connectivity index (χ1n) is 6.22. The van der Waals surface area contributed by atoms with Crippen LogP contribution in [-0.2, 0) is 0 Å². The molecule has 0 aromatic heterocycles. The third-order valence-corrected chi connectivity index (χ3v) is 4.04. The lowest BCUT2D eigenvalue weighted by Gasteiger charge is -2.17. The van der Waals surface area contributed by atoms with Crippen LogP contribution in [0.2, 0.25) is 5.02 Å². The Bertz CT molecular complexity index is 607. The maximum atomic E-state index is 12.1. The van der Waals surface area contributed by atoms with Gasteiger partial charge in [0.25, 0.3) is 0 Å². The van der Waals surface area contributed by atoms with E-state index in [4.69, 9.17) is 11.6 Å². The summed E-state index contributed by atoms with van der Waals surface area (Å²) >= 11 is 8.13. The van der Waals surface area contributed by atoms with Crippen molar-refractivity contribution in [1.82, 2.24) is 0 Å². The molecule has 0 amide bonds. The fraction of sp³-hybridized carbons (Fsp3) is 0.200. The van der Waals surface area contributed by atoms with Gasteiger partial charge in [-0.3, -0.25) is 0 Å². The van der Waals surface area contributed by atoms with Crippen LogP contribution in [0.1, 0.15) is 18.5 Å². The van der Waals surface area contributed by atoms with Crippen molar-refractivity contribution in [1.29, 1.82) is 0 Å². The molecule has 1 N–H and O–H groups in total. The van der Waals surface area contributed by atoms with Gasteiger partial charge in [-0.25, -0.2) is 0 Å². The Morgan fingerprint density at radius 3 is 2.38 bits per heavy atom. The van der Waals surface area contributed by atoms with Gasteiger partial charge in [-0.2, -0.15) is 8.78 Å². The summed E-state index contributed by atoms with van der Waals surface area (Å²) in [6.07, 6.45) is 0. The second kappa shape index (κ2) is 7.26. The Kier molecular flexibility index (Phi) is 5.64. The van der Waals surface area contributed by atoms with Gasteiger partial charge >= 0.3 is 6.61 Å². The molecule has 1 atom stereocenters. The SMILES string of the molecule is CC(Nc1ccc(Cl)cc1I)c1ccc(OC(F)F)cc1. The number of benzene rings is 2. The summed E-state index contributed by atoms with van der Waals surface area (Å²) in [5.74, 6) is 0.155. The van der Waals surface area contributed by atoms with E-state index in [9.17, 15) is 8.78 Å². The summed E-state index contributed by atoms with van der Waals surface area (Å²) in [5.41, 5.74) is 1.95. The average molecular weight is 424 g/mol. The lowest BCUT2D eigenvalue weighted by Crippen LogP contribution is -2.08. The Balaban J connectivity index is 2.07. The molecule has 0 spiro atoms. The van der Waals surface area contributed by atoms with E-state index in [-0.39, 0.29) is 11.8 Å². The van der Waals surface area contributed by atoms with Crippen LogP contribution >= 0.6 is 34.2 Å². The van der Waals surface area contributed by atoms with Crippen molar-refractivity contribution in [2.75, 3.05) is 5.32 Å². The summed E-state index contributed by atoms with van der Waals surface area (Å²) in [7, 11) is 0. The largest absolute Gasteiger partial charge is 0.435 e. The van der Waals surface area contributed by atoms with Crippen LogP contribution in [0.25, 0.3) is 0 Å². The molecule has 21 heavy (non-hydrogen) atoms. The predicted octanol–water partition coefficient (Wildman–Crippen LogP) is 5.72. The molecule has 6 heteroatoms. The molecular formula is C15H13ClF2INO. The van der Waals surface area contributed by atoms with Gasteiger partial charge in [0.15, 0.2) is 0 Å². The Hall–Kier alpha value is -1.08. The van der Waals surface area contributed by atoms with E-state index in [1.165, 1.54) is 12.1 Å². The van der Waals surface area contributed by atoms with Crippen LogP contribution in [0.4, 0.5) is 14.5 Å². The zero-order valence-corrected chi connectivity index (χ0v) is 14.0. The number of halogens is 4. The molecule has 0 fully saturated rings. The van der Waals surface area contributed by atoms with Crippen molar-refractivity contribution in [2.24, 2.45) is 0 Å². The average Bonchev–Trinajstić information content (AvgIpc) is 2.42. The first kappa shape index (κ1) is 16.3. The fourth-order valence-corrected chi connectivity index (χ4v) is 2.89. The molecule has 0 aliphatic rings. The molecule has 2 rings (SSSR count). The zero-order chi connectivity index (χ0) is 15.4. The third kappa shape index (κ3) is 4.71. The van der Waals surface area contributed by atoms with E-state index >= 15 is 0 Å². The van der Waals surface area contributed by atoms with Gasteiger partial charge in [-0.1, -0.05) is 23.7 Å². The minimum absolute atomic E-state index is 0.0280. The summed E-state index contributed by atoms with van der Waals surface area (Å²) in [6, 6.07) is 12.2. The number of nitrogens with one attached hydrogen (secondary N) is 1. The fourth-order valence-electron chi connectivity index (χ4n) is 1.86. The van der Waals surface area contributed by atoms with E-state index in [2.05, 4.69) is 32.6 Å². The lowest BCUT2D eigenvalue weighted by molar-refractivity contribution is -0.0498. The summed E-state index contributed by atoms with van der Waals surface area (Å²) in [6.45, 7) is -0.810. The van der Waals surface area contributed by atoms with Crippen LogP contribution in [-0.4, -0.2) is 6.61 Å². The number of hydrogen-bond donors (Lipinski definition) is 1. The normalized spacial score (nSPS) is 12.3. The maximum absolute atomic E-state index is 12.1. The van der Waals surface area contributed by atoms with Gasteiger partial charge in [0.2, 0.25) is 0 Å². The molecular weight excluding hydrogens is 411 g/mol. The molecule has 2 aromatic carbocycles. The van der Waals surface area contributed by atoms with Crippen molar-refractivity contribution in [2.45, 2.75) is 19.6 Å². The summed E-state index contributed by atoms with van der Waals surface area (Å²) in [5, 5.41) is 4.05. The van der Waals surface area contributed by atoms with Crippen molar-refractivity contribution in [3.63, 3.8) is 0 Å². The summed E-state index contributed by atoms with van der Waals surface area (Å²) in [4.78, 5) is 0. The van der Waals surface area contributed by atoms with Crippen LogP contribution < -0.4 is 10.1 Å². The molecule has 112 valence electrons. The van der Waals surface area contributed by atoms with Crippen LogP contribution in [0.3, 0.4) is 0 Å². The Labute approximate surface area is 140 Å². The number of anilines is 1. The van der Waals surface area contributed by atoms with Crippen LogP contribution in [0, 0.1) is 3.57 Å². The highest BCUT2D eigenvalue weighted by molar-refractivity contribution is 14.1. The van der Waals surface area contributed by atoms with Gasteiger partial charge in [-0.15, -0.1) is 0 Å². The molecule has 2 aromatic rings. The predicted molar refractivity (Wildman–Crippen MR) is 89.3 cm³/mol. The zero-order valence-electron chi connectivity index (χ0n) is 11.1. The number of hydrogen-bond acceptors (Lipinski definition) is 2. The third-order valence-electron chi connectivity index (χ3n) is 2.91. The molecule has 0 bridgehead atoms. The van der Waals surface area contributed by atoms with Gasteiger partial charge < -0.3 is 10.1 Å². The minimum atomic E-state index is -2.80. The smallest absolute Gasteiger partial charge is 0.387 e. The molecule has 0 heterocycles. The number of alkyl halides is 2. The molecule has 0 saturated carbocycles. The van der Waals surface area contributed by atoms with Crippen molar-refractivity contribution >= 4 is 39.9 Å². The van der Waals surface area contributed by atoms with E-state index < -0.39 is 6.61 Å². The quantitative estimate of drug-likeness (QED) is 0.621. The van der Waals surface area contributed by atoms with E-state index in [1.807, 2.05) is 25.1 Å². The highest BCUT2D eigenvalue weighted by Crippen LogP contribution is 2.27. The van der Waals surface area contributed by atoms with E-state index in [0.717, 1.165) is 14.8 Å². The van der Waals surface area contributed by atoms with Gasteiger partial charge in [0.1, 0.15) is 5.75 Å². The molecule has 0 radical (unpaired) electrons. The monoisotopic (exact) mass is 423 g/mol. The Morgan fingerprint density at radius 1 is 1.14 bits per heavy atom. The summed E-state index contributed by atoms with van der Waals surface area (Å²) < 4.78 is 29.5. The molecule has 2 nitrogen and oxygen atoms in total. The first-order valence-corrected chi connectivity index (χ1v) is 7.68. The first-order chi connectivity index (χ1) is 9.95. The van der Waals surface area contributed by atoms with Crippen LogP contribution in [0.15, 0.2) is 42.5 Å².